The molecule has 0 N–H and O–H groups in total. The van der Waals surface area contributed by atoms with Gasteiger partial charge in [-0.1, -0.05) is 0 Å². The van der Waals surface area contributed by atoms with Gasteiger partial charge in [0.1, 0.15) is 5.82 Å². The van der Waals surface area contributed by atoms with Gasteiger partial charge >= 0.3 is 0 Å². The summed E-state index contributed by atoms with van der Waals surface area (Å²) in [6.45, 7) is 8.51. The Hall–Kier alpha value is -1.40. The number of aryl methyl sites for hydroxylation is 1. The number of amides is 1. The number of hydrogen-bond acceptors (Lipinski definition) is 4. The smallest absolute Gasteiger partial charge is 0.222 e. The van der Waals surface area contributed by atoms with Crippen LogP contribution in [0.4, 0.5) is 0 Å². The molecule has 0 unspecified atom stereocenters. The maximum Gasteiger partial charge on any atom is 0.222 e. The van der Waals surface area contributed by atoms with Crippen LogP contribution in [0.3, 0.4) is 0 Å². The standard InChI is InChI=1S/C18H30N4O2/c1-2-21-11-8-19-17(21)15-20-9-4-10-22(13-12-20)18(23)7-6-16-5-3-14-24-16/h8,11,16H,2-7,9-10,12-15H2,1H3/t16-/m1/s1. The molecule has 2 fully saturated rings. The molecule has 1 atom stereocenters. The topological polar surface area (TPSA) is 50.6 Å². The minimum Gasteiger partial charge on any atom is -0.378 e. The van der Waals surface area contributed by atoms with Gasteiger partial charge in [0.25, 0.3) is 0 Å². The number of aromatic nitrogens is 2. The maximum atomic E-state index is 12.5. The largest absolute Gasteiger partial charge is 0.378 e. The molecule has 2 aliphatic rings. The van der Waals surface area contributed by atoms with E-state index in [1.807, 2.05) is 17.3 Å². The monoisotopic (exact) mass is 334 g/mol. The summed E-state index contributed by atoms with van der Waals surface area (Å²) >= 11 is 0. The van der Waals surface area contributed by atoms with E-state index in [1.165, 1.54) is 0 Å². The number of carbonyl (C=O) groups is 1. The normalized spacial score (nSPS) is 22.7. The molecule has 0 aliphatic carbocycles. The van der Waals surface area contributed by atoms with E-state index in [-0.39, 0.29) is 0 Å². The number of ether oxygens (including phenoxy) is 1. The van der Waals surface area contributed by atoms with Crippen molar-refractivity contribution in [2.75, 3.05) is 32.8 Å². The molecule has 0 bridgehead atoms. The molecule has 1 aromatic rings. The van der Waals surface area contributed by atoms with Crippen LogP contribution < -0.4 is 0 Å². The van der Waals surface area contributed by atoms with Crippen LogP contribution in [0.15, 0.2) is 12.4 Å². The average molecular weight is 334 g/mol. The van der Waals surface area contributed by atoms with Crippen molar-refractivity contribution in [2.24, 2.45) is 0 Å². The van der Waals surface area contributed by atoms with Crippen LogP contribution in [0.2, 0.25) is 0 Å². The predicted molar refractivity (Wildman–Crippen MR) is 92.6 cm³/mol. The zero-order valence-electron chi connectivity index (χ0n) is 14.8. The zero-order chi connectivity index (χ0) is 16.8. The van der Waals surface area contributed by atoms with Crippen molar-refractivity contribution >= 4 is 5.91 Å². The molecule has 3 rings (SSSR count). The third kappa shape index (κ3) is 4.57. The van der Waals surface area contributed by atoms with Crippen molar-refractivity contribution in [1.82, 2.24) is 19.4 Å². The first kappa shape index (κ1) is 17.4. The van der Waals surface area contributed by atoms with Crippen molar-refractivity contribution in [2.45, 2.75) is 58.2 Å². The third-order valence-corrected chi connectivity index (χ3v) is 5.15. The molecule has 6 heteroatoms. The molecule has 3 heterocycles. The highest BCUT2D eigenvalue weighted by Gasteiger charge is 2.22. The summed E-state index contributed by atoms with van der Waals surface area (Å²) in [5.74, 6) is 1.41. The summed E-state index contributed by atoms with van der Waals surface area (Å²) in [6.07, 6.45) is 9.03. The van der Waals surface area contributed by atoms with Gasteiger partial charge in [0.05, 0.1) is 12.6 Å². The Morgan fingerprint density at radius 2 is 2.21 bits per heavy atom. The lowest BCUT2D eigenvalue weighted by Crippen LogP contribution is -2.35. The van der Waals surface area contributed by atoms with Crippen molar-refractivity contribution in [3.63, 3.8) is 0 Å². The Kier molecular flexibility index (Phi) is 6.26. The Morgan fingerprint density at radius 1 is 1.29 bits per heavy atom. The number of hydrogen-bond donors (Lipinski definition) is 0. The number of rotatable bonds is 6. The van der Waals surface area contributed by atoms with E-state index >= 15 is 0 Å². The van der Waals surface area contributed by atoms with Crippen LogP contribution in [-0.4, -0.2) is 64.1 Å². The van der Waals surface area contributed by atoms with Gasteiger partial charge in [0, 0.05) is 58.1 Å². The van der Waals surface area contributed by atoms with Crippen LogP contribution in [0.5, 0.6) is 0 Å². The Morgan fingerprint density at radius 3 is 3.00 bits per heavy atom. The zero-order valence-corrected chi connectivity index (χ0v) is 14.8. The fourth-order valence-corrected chi connectivity index (χ4v) is 3.67. The van der Waals surface area contributed by atoms with E-state index in [1.54, 1.807) is 0 Å². The second kappa shape index (κ2) is 8.62. The molecule has 0 saturated carbocycles. The van der Waals surface area contributed by atoms with E-state index in [0.29, 0.717) is 18.4 Å². The van der Waals surface area contributed by atoms with E-state index in [9.17, 15) is 4.79 Å². The lowest BCUT2D eigenvalue weighted by molar-refractivity contribution is -0.131. The minimum absolute atomic E-state index is 0.294. The van der Waals surface area contributed by atoms with E-state index in [2.05, 4.69) is 21.4 Å². The van der Waals surface area contributed by atoms with Crippen molar-refractivity contribution < 1.29 is 9.53 Å². The first-order chi connectivity index (χ1) is 11.8. The molecule has 6 nitrogen and oxygen atoms in total. The maximum absolute atomic E-state index is 12.5. The Balaban J connectivity index is 1.44. The highest BCUT2D eigenvalue weighted by molar-refractivity contribution is 5.76. The molecule has 2 saturated heterocycles. The van der Waals surface area contributed by atoms with E-state index in [0.717, 1.165) is 77.4 Å². The van der Waals surface area contributed by atoms with Gasteiger partial charge in [-0.15, -0.1) is 0 Å². The molecule has 24 heavy (non-hydrogen) atoms. The lowest BCUT2D eigenvalue weighted by atomic mass is 10.1. The second-order valence-electron chi connectivity index (χ2n) is 6.81. The van der Waals surface area contributed by atoms with Crippen LogP contribution in [0.25, 0.3) is 0 Å². The fourth-order valence-electron chi connectivity index (χ4n) is 3.67. The quantitative estimate of drug-likeness (QED) is 0.797. The van der Waals surface area contributed by atoms with Crippen molar-refractivity contribution in [1.29, 1.82) is 0 Å². The van der Waals surface area contributed by atoms with Crippen LogP contribution in [-0.2, 0) is 22.6 Å². The van der Waals surface area contributed by atoms with Gasteiger partial charge in [-0.3, -0.25) is 9.69 Å². The molecule has 2 aliphatic heterocycles. The summed E-state index contributed by atoms with van der Waals surface area (Å²) in [5.41, 5.74) is 0. The summed E-state index contributed by atoms with van der Waals surface area (Å²) in [7, 11) is 0. The van der Waals surface area contributed by atoms with Gasteiger partial charge < -0.3 is 14.2 Å². The van der Waals surface area contributed by atoms with Crippen molar-refractivity contribution in [3.05, 3.63) is 18.2 Å². The van der Waals surface area contributed by atoms with Gasteiger partial charge in [-0.25, -0.2) is 4.98 Å². The van der Waals surface area contributed by atoms with Gasteiger partial charge in [0.2, 0.25) is 5.91 Å². The van der Waals surface area contributed by atoms with Crippen LogP contribution in [0.1, 0.15) is 44.9 Å². The molecule has 0 spiro atoms. The molecule has 134 valence electrons. The van der Waals surface area contributed by atoms with E-state index < -0.39 is 0 Å². The Labute approximate surface area is 144 Å². The van der Waals surface area contributed by atoms with Crippen molar-refractivity contribution in [3.8, 4) is 0 Å². The molecule has 0 radical (unpaired) electrons. The first-order valence-electron chi connectivity index (χ1n) is 9.38. The fraction of sp³-hybridized carbons (Fsp3) is 0.778. The van der Waals surface area contributed by atoms with Crippen LogP contribution in [0, 0.1) is 0 Å². The number of nitrogens with zero attached hydrogens (tertiary/aromatic N) is 4. The summed E-state index contributed by atoms with van der Waals surface area (Å²) in [5, 5.41) is 0. The highest BCUT2D eigenvalue weighted by Crippen LogP contribution is 2.18. The molecular weight excluding hydrogens is 304 g/mol. The van der Waals surface area contributed by atoms with Gasteiger partial charge in [0.15, 0.2) is 0 Å². The molecule has 1 amide bonds. The molecule has 1 aromatic heterocycles. The van der Waals surface area contributed by atoms with Gasteiger partial charge in [-0.2, -0.15) is 0 Å². The minimum atomic E-state index is 0.294. The summed E-state index contributed by atoms with van der Waals surface area (Å²) < 4.78 is 7.81. The number of imidazole rings is 1. The summed E-state index contributed by atoms with van der Waals surface area (Å²) in [4.78, 5) is 21.4. The van der Waals surface area contributed by atoms with E-state index in [4.69, 9.17) is 4.74 Å². The van der Waals surface area contributed by atoms with Gasteiger partial charge in [-0.05, 0) is 32.6 Å². The molecular formula is C18H30N4O2. The molecule has 0 aromatic carbocycles. The predicted octanol–water partition coefficient (Wildman–Crippen LogP) is 1.90. The second-order valence-corrected chi connectivity index (χ2v) is 6.81. The first-order valence-corrected chi connectivity index (χ1v) is 9.38. The summed E-state index contributed by atoms with van der Waals surface area (Å²) in [6, 6.07) is 0. The Bertz CT molecular complexity index is 525. The SMILES string of the molecule is CCn1ccnc1CN1CCCN(C(=O)CC[C@H]2CCCO2)CC1. The highest BCUT2D eigenvalue weighted by atomic mass is 16.5. The lowest BCUT2D eigenvalue weighted by Gasteiger charge is -2.22. The number of carbonyl (C=O) groups excluding carboxylic acids is 1. The average Bonchev–Trinajstić information content (AvgIpc) is 3.21. The van der Waals surface area contributed by atoms with Crippen LogP contribution >= 0.6 is 0 Å². The third-order valence-electron chi connectivity index (χ3n) is 5.15.